The molecular formula is C77H63N3O4. The summed E-state index contributed by atoms with van der Waals surface area (Å²) in [6.07, 6.45) is 0. The third-order valence-electron chi connectivity index (χ3n) is 17.4. The number of nitriles is 1. The topological polar surface area (TPSA) is 82.8 Å². The van der Waals surface area contributed by atoms with Crippen LogP contribution in [0.3, 0.4) is 0 Å². The van der Waals surface area contributed by atoms with Crippen LogP contribution in [-0.4, -0.2) is 0 Å². The van der Waals surface area contributed by atoms with Crippen LogP contribution in [0.25, 0.3) is 109 Å². The van der Waals surface area contributed by atoms with E-state index in [1.54, 1.807) is 0 Å². The maximum atomic E-state index is 10.8. The summed E-state index contributed by atoms with van der Waals surface area (Å²) in [6.45, 7) is 22.3. The van der Waals surface area contributed by atoms with E-state index in [0.29, 0.717) is 34.1 Å². The predicted molar refractivity (Wildman–Crippen MR) is 350 cm³/mol. The maximum absolute atomic E-state index is 10.8. The Balaban J connectivity index is 0.853. The Morgan fingerprint density at radius 3 is 1.21 bits per heavy atom. The van der Waals surface area contributed by atoms with Crippen molar-refractivity contribution in [3.8, 4) is 6.07 Å². The minimum Gasteiger partial charge on any atom is -0.456 e. The molecule has 0 aliphatic carbocycles. The number of para-hydroxylation sites is 2. The smallest absolute Gasteiger partial charge is 0.156 e. The average Bonchev–Trinajstić information content (AvgIpc) is 2.63. The minimum absolute atomic E-state index is 0.0770. The Hall–Kier alpha value is -9.77. The van der Waals surface area contributed by atoms with Gasteiger partial charge in [0.1, 0.15) is 45.2 Å². The summed E-state index contributed by atoms with van der Waals surface area (Å²) in [6, 6.07) is 70.1. The quantitative estimate of drug-likeness (QED) is 0.150. The summed E-state index contributed by atoms with van der Waals surface area (Å²) >= 11 is 0. The molecule has 4 aromatic heterocycles. The Labute approximate surface area is 487 Å². The zero-order valence-electron chi connectivity index (χ0n) is 49.0. The molecule has 0 unspecified atom stereocenters. The fourth-order valence-corrected chi connectivity index (χ4v) is 12.9. The largest absolute Gasteiger partial charge is 0.456 e. The van der Waals surface area contributed by atoms with Crippen LogP contribution in [-0.2, 0) is 10.8 Å². The predicted octanol–water partition coefficient (Wildman–Crippen LogP) is 23.2. The first-order valence-corrected chi connectivity index (χ1v) is 29.3. The van der Waals surface area contributed by atoms with Gasteiger partial charge in [0.05, 0.1) is 10.9 Å². The highest BCUT2D eigenvalue weighted by molar-refractivity contribution is 6.25. The van der Waals surface area contributed by atoms with Gasteiger partial charge in [0.15, 0.2) is 5.58 Å². The highest BCUT2D eigenvalue weighted by atomic mass is 16.3. The Kier molecular flexibility index (Phi) is 11.3. The lowest BCUT2D eigenvalue weighted by atomic mass is 9.86. The van der Waals surface area contributed by atoms with E-state index in [9.17, 15) is 5.26 Å². The minimum atomic E-state index is -0.0789. The Bertz CT molecular complexity index is 5240. The third kappa shape index (κ3) is 8.14. The molecule has 11 aromatic carbocycles. The van der Waals surface area contributed by atoms with Gasteiger partial charge < -0.3 is 27.5 Å². The molecule has 0 bridgehead atoms. The number of hydrogen-bond donors (Lipinski definition) is 0. The summed E-state index contributed by atoms with van der Waals surface area (Å²) in [5.74, 6) is 0.801. The molecule has 0 spiro atoms. The van der Waals surface area contributed by atoms with E-state index in [0.717, 1.165) is 127 Å². The van der Waals surface area contributed by atoms with Crippen LogP contribution in [0.4, 0.5) is 34.1 Å². The van der Waals surface area contributed by atoms with Crippen molar-refractivity contribution in [2.24, 2.45) is 0 Å². The lowest BCUT2D eigenvalue weighted by molar-refractivity contribution is 0.572. The molecule has 7 heteroatoms. The van der Waals surface area contributed by atoms with Crippen LogP contribution in [0.15, 0.2) is 206 Å². The molecule has 15 rings (SSSR count). The SMILES string of the molecule is CC(C)c1ccc(N(c2ccc3cc4c(cc3c2)oc2c4cc(C#N)c3oc4cc5cc(N(c6ccc(C(C)C)cc6)c6ccc7oc8c(C(C)(C)C)cccc8c7c6)ccc5cc4c32)c2ccc3oc4c(C(C)(C)C)cccc4c3c2)cc1. The highest BCUT2D eigenvalue weighted by Gasteiger charge is 2.26. The summed E-state index contributed by atoms with van der Waals surface area (Å²) in [5, 5.41) is 22.8. The van der Waals surface area contributed by atoms with Crippen molar-refractivity contribution in [3.63, 3.8) is 0 Å². The van der Waals surface area contributed by atoms with Crippen LogP contribution in [0, 0.1) is 11.3 Å². The van der Waals surface area contributed by atoms with E-state index in [4.69, 9.17) is 17.7 Å². The molecule has 7 nitrogen and oxygen atoms in total. The van der Waals surface area contributed by atoms with Crippen molar-refractivity contribution >= 4 is 143 Å². The van der Waals surface area contributed by atoms with Crippen LogP contribution in [0.2, 0.25) is 0 Å². The second kappa shape index (κ2) is 18.6. The molecule has 0 aliphatic rings. The molecule has 0 aliphatic heterocycles. The molecule has 4 heterocycles. The molecule has 0 N–H and O–H groups in total. The lowest BCUT2D eigenvalue weighted by Gasteiger charge is -2.26. The third-order valence-corrected chi connectivity index (χ3v) is 17.4. The summed E-state index contributed by atoms with van der Waals surface area (Å²) in [4.78, 5) is 4.65. The summed E-state index contributed by atoms with van der Waals surface area (Å²) in [5.41, 5.74) is 17.6. The zero-order valence-corrected chi connectivity index (χ0v) is 49.0. The monoisotopic (exact) mass is 1090 g/mol. The molecule has 0 saturated carbocycles. The molecular weight excluding hydrogens is 1030 g/mol. The average molecular weight is 1090 g/mol. The van der Waals surface area contributed by atoms with Crippen LogP contribution in [0.1, 0.15) is 109 Å². The van der Waals surface area contributed by atoms with Crippen LogP contribution < -0.4 is 9.80 Å². The van der Waals surface area contributed by atoms with Gasteiger partial charge in [0.2, 0.25) is 0 Å². The van der Waals surface area contributed by atoms with E-state index in [1.165, 1.54) is 22.3 Å². The van der Waals surface area contributed by atoms with Crippen molar-refractivity contribution in [2.45, 2.75) is 91.9 Å². The normalized spacial score (nSPS) is 12.6. The zero-order chi connectivity index (χ0) is 57.7. The van der Waals surface area contributed by atoms with Crippen molar-refractivity contribution in [1.82, 2.24) is 0 Å². The highest BCUT2D eigenvalue weighted by Crippen LogP contribution is 2.48. The number of rotatable bonds is 8. The van der Waals surface area contributed by atoms with Gasteiger partial charge in [-0.1, -0.05) is 142 Å². The number of hydrogen-bond acceptors (Lipinski definition) is 7. The number of furan rings is 4. The second-order valence-electron chi connectivity index (χ2n) is 25.7. The van der Waals surface area contributed by atoms with E-state index in [-0.39, 0.29) is 10.8 Å². The van der Waals surface area contributed by atoms with Gasteiger partial charge in [0, 0.05) is 83.0 Å². The number of fused-ring (bicyclic) bond motifs is 15. The van der Waals surface area contributed by atoms with Crippen molar-refractivity contribution in [2.75, 3.05) is 9.80 Å². The molecule has 0 fully saturated rings. The number of anilines is 6. The first kappa shape index (κ1) is 51.1. The van der Waals surface area contributed by atoms with Gasteiger partial charge >= 0.3 is 0 Å². The summed E-state index contributed by atoms with van der Waals surface area (Å²) in [7, 11) is 0. The van der Waals surface area contributed by atoms with Crippen molar-refractivity contribution in [1.29, 1.82) is 5.26 Å². The summed E-state index contributed by atoms with van der Waals surface area (Å²) < 4.78 is 27.0. The maximum Gasteiger partial charge on any atom is 0.156 e. The molecule has 0 saturated heterocycles. The molecule has 0 atom stereocenters. The van der Waals surface area contributed by atoms with E-state index < -0.39 is 0 Å². The molecule has 410 valence electrons. The van der Waals surface area contributed by atoms with Crippen LogP contribution in [0.5, 0.6) is 0 Å². The van der Waals surface area contributed by atoms with Gasteiger partial charge in [-0.25, -0.2) is 0 Å². The van der Waals surface area contributed by atoms with Gasteiger partial charge in [-0.15, -0.1) is 0 Å². The van der Waals surface area contributed by atoms with Crippen molar-refractivity contribution < 1.29 is 17.7 Å². The number of benzene rings is 11. The number of nitrogens with zero attached hydrogens (tertiary/aromatic N) is 3. The molecule has 0 radical (unpaired) electrons. The first-order valence-electron chi connectivity index (χ1n) is 29.3. The van der Waals surface area contributed by atoms with Gasteiger partial charge in [-0.3, -0.25) is 0 Å². The van der Waals surface area contributed by atoms with Gasteiger partial charge in [0.25, 0.3) is 0 Å². The van der Waals surface area contributed by atoms with E-state index >= 15 is 0 Å². The van der Waals surface area contributed by atoms with Gasteiger partial charge in [-0.05, 0) is 171 Å². The molecule has 0 amide bonds. The van der Waals surface area contributed by atoms with Crippen LogP contribution >= 0.6 is 0 Å². The Morgan fingerprint density at radius 1 is 0.345 bits per heavy atom. The standard InChI is InChI=1S/C77H63N3O4/c1-43(2)45-17-23-52(24-18-45)79(56-29-31-67-61(40-56)58-13-11-15-65(73(58)81-67)76(5,6)7)54-27-21-47-35-60-63-37-51(42-78)72-71(75(63)84-69(60)38-49(47)33-54)64-36-48-22-28-55(34-50(48)39-70(64)83-72)80(53-25-19-46(20-26-53)44(3)4)57-30-32-68-62(41-57)59-14-12-16-66(74(59)82-68)77(8,9)10/h11-41,43-44H,1-10H3. The van der Waals surface area contributed by atoms with E-state index in [1.807, 2.05) is 6.07 Å². The van der Waals surface area contributed by atoms with Gasteiger partial charge in [-0.2, -0.15) is 5.26 Å². The second-order valence-corrected chi connectivity index (χ2v) is 25.7. The fourth-order valence-electron chi connectivity index (χ4n) is 12.9. The van der Waals surface area contributed by atoms with E-state index in [2.05, 4.69) is 267 Å². The Morgan fingerprint density at radius 2 is 0.750 bits per heavy atom. The molecule has 84 heavy (non-hydrogen) atoms. The lowest BCUT2D eigenvalue weighted by Crippen LogP contribution is -2.11. The first-order chi connectivity index (χ1) is 40.4. The van der Waals surface area contributed by atoms with Crippen molar-refractivity contribution in [3.05, 3.63) is 216 Å². The fraction of sp³-hybridized carbons (Fsp3) is 0.182. The molecule has 15 aromatic rings.